The molecule has 1 aliphatic heterocycles. The van der Waals surface area contributed by atoms with Crippen LogP contribution in [0, 0.1) is 5.92 Å². The van der Waals surface area contributed by atoms with Crippen LogP contribution in [0.5, 0.6) is 0 Å². The van der Waals surface area contributed by atoms with Crippen molar-refractivity contribution in [3.63, 3.8) is 0 Å². The molecule has 1 atom stereocenters. The number of hydrogen-bond acceptors (Lipinski definition) is 2. The van der Waals surface area contributed by atoms with Crippen molar-refractivity contribution in [2.45, 2.75) is 12.8 Å². The molecule has 1 fully saturated rings. The predicted octanol–water partition coefficient (Wildman–Crippen LogP) is 3.35. The number of aromatic nitrogens is 1. The molecule has 82 valence electrons. The average Bonchev–Trinajstić information content (AvgIpc) is 2.68. The summed E-state index contributed by atoms with van der Waals surface area (Å²) in [4.78, 5) is 6.36. The van der Waals surface area contributed by atoms with Gasteiger partial charge in [0.05, 0.1) is 10.7 Å². The molecule has 0 saturated carbocycles. The van der Waals surface area contributed by atoms with Crippen LogP contribution in [0.1, 0.15) is 12.8 Å². The van der Waals surface area contributed by atoms with Crippen LogP contribution in [0.2, 0.25) is 5.02 Å². The molecule has 2 heterocycles. The molecule has 2 rings (SSSR count). The fourth-order valence-electron chi connectivity index (χ4n) is 2.07. The lowest BCUT2D eigenvalue weighted by Crippen LogP contribution is -2.20. The Morgan fingerprint density at radius 3 is 3.20 bits per heavy atom. The Bertz CT molecular complexity index is 332. The first-order valence-corrected chi connectivity index (χ1v) is 6.71. The minimum atomic E-state index is 0.761. The van der Waals surface area contributed by atoms with Crippen LogP contribution in [0.4, 0.5) is 5.69 Å². The molecule has 1 aromatic heterocycles. The van der Waals surface area contributed by atoms with Crippen LogP contribution in [0.3, 0.4) is 0 Å². The number of pyridine rings is 1. The Hall–Kier alpha value is -0.280. The Morgan fingerprint density at radius 1 is 1.60 bits per heavy atom. The lowest BCUT2D eigenvalue weighted by molar-refractivity contribution is 0.576. The summed E-state index contributed by atoms with van der Waals surface area (Å²) in [5.74, 6) is 0.800. The smallest absolute Gasteiger partial charge is 0.0822 e. The third-order valence-corrected chi connectivity index (χ3v) is 3.64. The first kappa shape index (κ1) is 11.2. The minimum absolute atomic E-state index is 0.761. The topological polar surface area (TPSA) is 16.1 Å². The zero-order valence-electron chi connectivity index (χ0n) is 8.50. The second kappa shape index (κ2) is 5.17. The number of halogens is 2. The fraction of sp³-hybridized carbons (Fsp3) is 0.545. The molecular formula is C11H14BrClN2. The first-order valence-electron chi connectivity index (χ1n) is 5.21. The van der Waals surface area contributed by atoms with Crippen molar-refractivity contribution in [2.24, 2.45) is 5.92 Å². The van der Waals surface area contributed by atoms with Crippen LogP contribution >= 0.6 is 27.5 Å². The molecule has 2 nitrogen and oxygen atoms in total. The van der Waals surface area contributed by atoms with E-state index < -0.39 is 0 Å². The maximum absolute atomic E-state index is 6.12. The highest BCUT2D eigenvalue weighted by Crippen LogP contribution is 2.30. The lowest BCUT2D eigenvalue weighted by atomic mass is 10.1. The van der Waals surface area contributed by atoms with Gasteiger partial charge in [-0.1, -0.05) is 27.5 Å². The highest BCUT2D eigenvalue weighted by atomic mass is 79.9. The Kier molecular flexibility index (Phi) is 3.87. The van der Waals surface area contributed by atoms with Crippen molar-refractivity contribution < 1.29 is 0 Å². The van der Waals surface area contributed by atoms with Crippen molar-refractivity contribution >= 4 is 33.2 Å². The average molecular weight is 290 g/mol. The maximum atomic E-state index is 6.12. The summed E-state index contributed by atoms with van der Waals surface area (Å²) >= 11 is 9.61. The molecule has 0 N–H and O–H groups in total. The quantitative estimate of drug-likeness (QED) is 0.793. The molecule has 0 amide bonds. The van der Waals surface area contributed by atoms with Crippen LogP contribution < -0.4 is 4.90 Å². The van der Waals surface area contributed by atoms with Crippen LogP contribution in [0.15, 0.2) is 18.5 Å². The third-order valence-electron chi connectivity index (χ3n) is 2.89. The summed E-state index contributed by atoms with van der Waals surface area (Å²) in [6.45, 7) is 2.23. The second-order valence-electron chi connectivity index (χ2n) is 3.91. The highest BCUT2D eigenvalue weighted by Gasteiger charge is 2.23. The van der Waals surface area contributed by atoms with E-state index in [-0.39, 0.29) is 0 Å². The number of hydrogen-bond donors (Lipinski definition) is 0. The SMILES string of the molecule is Clc1cnccc1N1CCC(CCBr)C1. The molecule has 1 unspecified atom stereocenters. The van der Waals surface area contributed by atoms with Crippen molar-refractivity contribution in [1.82, 2.24) is 4.98 Å². The van der Waals surface area contributed by atoms with Gasteiger partial charge in [0.1, 0.15) is 0 Å². The number of alkyl halides is 1. The maximum Gasteiger partial charge on any atom is 0.0822 e. The van der Waals surface area contributed by atoms with Gasteiger partial charge in [-0.15, -0.1) is 0 Å². The van der Waals surface area contributed by atoms with Gasteiger partial charge in [0, 0.05) is 30.8 Å². The normalized spacial score (nSPS) is 20.9. The molecular weight excluding hydrogens is 275 g/mol. The molecule has 0 aromatic carbocycles. The summed E-state index contributed by atoms with van der Waals surface area (Å²) in [5.41, 5.74) is 1.13. The predicted molar refractivity (Wildman–Crippen MR) is 68.0 cm³/mol. The van der Waals surface area contributed by atoms with Crippen molar-refractivity contribution in [1.29, 1.82) is 0 Å². The summed E-state index contributed by atoms with van der Waals surface area (Å²) in [6, 6.07) is 2.00. The highest BCUT2D eigenvalue weighted by molar-refractivity contribution is 9.09. The van der Waals surface area contributed by atoms with Gasteiger partial charge >= 0.3 is 0 Å². The summed E-state index contributed by atoms with van der Waals surface area (Å²) < 4.78 is 0. The van der Waals surface area contributed by atoms with Gasteiger partial charge in [-0.3, -0.25) is 4.98 Å². The fourth-order valence-corrected chi connectivity index (χ4v) is 2.95. The van der Waals surface area contributed by atoms with E-state index in [0.717, 1.165) is 35.0 Å². The van der Waals surface area contributed by atoms with Crippen molar-refractivity contribution in [3.05, 3.63) is 23.5 Å². The van der Waals surface area contributed by atoms with E-state index in [1.54, 1.807) is 12.4 Å². The lowest BCUT2D eigenvalue weighted by Gasteiger charge is -2.19. The van der Waals surface area contributed by atoms with E-state index in [0.29, 0.717) is 0 Å². The van der Waals surface area contributed by atoms with E-state index in [9.17, 15) is 0 Å². The van der Waals surface area contributed by atoms with Gasteiger partial charge in [0.15, 0.2) is 0 Å². The van der Waals surface area contributed by atoms with Crippen molar-refractivity contribution in [2.75, 3.05) is 23.3 Å². The summed E-state index contributed by atoms with van der Waals surface area (Å²) in [7, 11) is 0. The monoisotopic (exact) mass is 288 g/mol. The van der Waals surface area contributed by atoms with Gasteiger partial charge in [-0.2, -0.15) is 0 Å². The second-order valence-corrected chi connectivity index (χ2v) is 5.11. The Morgan fingerprint density at radius 2 is 2.47 bits per heavy atom. The largest absolute Gasteiger partial charge is 0.370 e. The zero-order valence-corrected chi connectivity index (χ0v) is 10.8. The number of anilines is 1. The molecule has 1 aromatic rings. The number of rotatable bonds is 3. The van der Waals surface area contributed by atoms with E-state index in [1.807, 2.05) is 6.07 Å². The molecule has 1 aliphatic rings. The summed E-state index contributed by atoms with van der Waals surface area (Å²) in [6.07, 6.45) is 6.04. The van der Waals surface area contributed by atoms with E-state index in [2.05, 4.69) is 25.8 Å². The van der Waals surface area contributed by atoms with Gasteiger partial charge < -0.3 is 4.90 Å². The molecule has 0 bridgehead atoms. The standard InChI is InChI=1S/C11H14BrClN2/c12-4-1-9-3-6-15(8-9)11-2-5-14-7-10(11)13/h2,5,7,9H,1,3-4,6,8H2. The van der Waals surface area contributed by atoms with Gasteiger partial charge in [-0.25, -0.2) is 0 Å². The van der Waals surface area contributed by atoms with Crippen molar-refractivity contribution in [3.8, 4) is 0 Å². The molecule has 0 radical (unpaired) electrons. The van der Waals surface area contributed by atoms with Gasteiger partial charge in [0.2, 0.25) is 0 Å². The zero-order chi connectivity index (χ0) is 10.7. The molecule has 4 heteroatoms. The van der Waals surface area contributed by atoms with E-state index >= 15 is 0 Å². The van der Waals surface area contributed by atoms with Crippen LogP contribution in [-0.4, -0.2) is 23.4 Å². The van der Waals surface area contributed by atoms with Crippen LogP contribution in [0.25, 0.3) is 0 Å². The molecule has 15 heavy (non-hydrogen) atoms. The van der Waals surface area contributed by atoms with Gasteiger partial charge in [0.25, 0.3) is 0 Å². The Balaban J connectivity index is 2.04. The van der Waals surface area contributed by atoms with Gasteiger partial charge in [-0.05, 0) is 24.8 Å². The molecule has 0 aliphatic carbocycles. The first-order chi connectivity index (χ1) is 7.31. The van der Waals surface area contributed by atoms with E-state index in [4.69, 9.17) is 11.6 Å². The Labute approximate surface area is 104 Å². The summed E-state index contributed by atoms with van der Waals surface area (Å²) in [5, 5.41) is 1.85. The van der Waals surface area contributed by atoms with E-state index in [1.165, 1.54) is 12.8 Å². The minimum Gasteiger partial charge on any atom is -0.370 e. The molecule has 0 spiro atoms. The van der Waals surface area contributed by atoms with Crippen LogP contribution in [-0.2, 0) is 0 Å². The molecule has 1 saturated heterocycles. The number of nitrogens with zero attached hydrogens (tertiary/aromatic N) is 2. The third kappa shape index (κ3) is 2.64.